The molecule has 6 aliphatic heterocycles. The van der Waals surface area contributed by atoms with Crippen LogP contribution in [0, 0.1) is 55.2 Å². The molecule has 26 nitrogen and oxygen atoms in total. The average molecular weight is 1620 g/mol. The maximum absolute atomic E-state index is 12.9. The number of nitrogens with one attached hydrogen (secondary N) is 5. The monoisotopic (exact) mass is 1620 g/mol. The second-order valence-electron chi connectivity index (χ2n) is 27.9. The number of rotatable bonds is 14. The first-order valence-electron chi connectivity index (χ1n) is 36.0. The zero-order chi connectivity index (χ0) is 82.1. The van der Waals surface area contributed by atoms with Crippen molar-refractivity contribution >= 4 is 50.8 Å². The molecule has 11 rings (SSSR count). The SMILES string of the molecule is CCCNC(=O)N1C[C@@H](O)[C@H](O)[C@@H](C(F)F)C1.Cc1ccc(C[C@H]2CNC[C@@H](O)[C@@H]2O)cc1.Cc1ccc(S(=O)(=O)N2C[C@@H](O)[C@H](O)[C@@H](C(F)F)C2)cc1.O=C(Nc1ccccc1)N1C[C@@H](O)[C@H](O)[C@@H](C(F)F)C1.OC(c1ccc(F)cc1)[C@H]1CNC[C@@H](O)[C@@H]1O.O[C@H]1[C@H](O)CN(C(=S)Nc2ccccc2)C[C@@H]1C(F)F. The fraction of sp³-hybridized carbons (Fsp3) is 0.554. The van der Waals surface area contributed by atoms with Crippen molar-refractivity contribution in [1.29, 1.82) is 0 Å². The van der Waals surface area contributed by atoms with Gasteiger partial charge in [-0.25, -0.2) is 57.5 Å². The molecule has 19 atom stereocenters. The summed E-state index contributed by atoms with van der Waals surface area (Å²) in [7, 11) is -3.97. The van der Waals surface area contributed by atoms with Crippen molar-refractivity contribution in [3.8, 4) is 0 Å². The van der Waals surface area contributed by atoms with E-state index in [4.69, 9.17) is 12.2 Å². The van der Waals surface area contributed by atoms with Crippen molar-refractivity contribution in [3.63, 3.8) is 0 Å². The average Bonchev–Trinajstić information content (AvgIpc) is 0.792. The quantitative estimate of drug-likeness (QED) is 0.0560. The van der Waals surface area contributed by atoms with Crippen LogP contribution >= 0.6 is 12.2 Å². The van der Waals surface area contributed by atoms with Gasteiger partial charge < -0.3 is 108 Å². The van der Waals surface area contributed by atoms with Crippen molar-refractivity contribution in [1.82, 2.24) is 35.0 Å². The molecule has 620 valence electrons. The molecule has 0 aliphatic carbocycles. The molecule has 0 radical (unpaired) electrons. The van der Waals surface area contributed by atoms with Crippen molar-refractivity contribution in [3.05, 3.63) is 162 Å². The van der Waals surface area contributed by atoms with Gasteiger partial charge in [-0.1, -0.05) is 103 Å². The summed E-state index contributed by atoms with van der Waals surface area (Å²) in [5.41, 5.74) is 5.13. The van der Waals surface area contributed by atoms with E-state index in [2.05, 4.69) is 57.8 Å². The number of aliphatic hydroxyl groups is 13. The highest BCUT2D eigenvalue weighted by Gasteiger charge is 2.46. The van der Waals surface area contributed by atoms with Gasteiger partial charge in [0.15, 0.2) is 5.11 Å². The predicted molar refractivity (Wildman–Crippen MR) is 395 cm³/mol. The van der Waals surface area contributed by atoms with Crippen LogP contribution in [0.4, 0.5) is 60.5 Å². The molecule has 0 spiro atoms. The number of benzene rings is 5. The number of carbonyl (C=O) groups is 2. The Balaban J connectivity index is 0.000000208. The lowest BCUT2D eigenvalue weighted by Gasteiger charge is -2.40. The van der Waals surface area contributed by atoms with Crippen LogP contribution in [0.2, 0.25) is 0 Å². The Hall–Kier alpha value is -6.99. The van der Waals surface area contributed by atoms with Crippen LogP contribution in [-0.4, -0.2) is 295 Å². The number of halogens is 9. The number of urea groups is 2. The molecule has 0 bridgehead atoms. The number of hydrogen-bond acceptors (Lipinski definition) is 20. The van der Waals surface area contributed by atoms with Crippen LogP contribution in [0.1, 0.15) is 41.7 Å². The van der Waals surface area contributed by atoms with E-state index in [9.17, 15) is 124 Å². The molecule has 6 aliphatic rings. The lowest BCUT2D eigenvalue weighted by Crippen LogP contribution is -2.58. The van der Waals surface area contributed by atoms with Gasteiger partial charge in [0.2, 0.25) is 35.7 Å². The highest BCUT2D eigenvalue weighted by atomic mass is 32.2. The normalized spacial score (nSPS) is 28.6. The Morgan fingerprint density at radius 1 is 0.468 bits per heavy atom. The van der Waals surface area contributed by atoms with Crippen LogP contribution in [0.3, 0.4) is 0 Å². The second kappa shape index (κ2) is 44.6. The lowest BCUT2D eigenvalue weighted by atomic mass is 9.86. The minimum atomic E-state index is -3.97. The molecule has 18 N–H and O–H groups in total. The molecule has 5 aromatic carbocycles. The first-order chi connectivity index (χ1) is 52.4. The molecule has 5 aromatic rings. The Bertz CT molecular complexity index is 3610. The Morgan fingerprint density at radius 2 is 0.865 bits per heavy atom. The van der Waals surface area contributed by atoms with Crippen molar-refractivity contribution in [2.45, 2.75) is 144 Å². The number of likely N-dealkylation sites (tertiary alicyclic amines) is 3. The molecule has 4 amide bonds. The molecule has 6 saturated heterocycles. The maximum Gasteiger partial charge on any atom is 0.321 e. The first-order valence-corrected chi connectivity index (χ1v) is 37.8. The second-order valence-corrected chi connectivity index (χ2v) is 30.3. The van der Waals surface area contributed by atoms with E-state index in [-0.39, 0.29) is 61.0 Å². The number of thiocarbonyl (C=S) groups is 1. The number of aryl methyl sites for hydroxylation is 2. The molecule has 1 unspecified atom stereocenters. The van der Waals surface area contributed by atoms with Gasteiger partial charge in [0.1, 0.15) is 5.82 Å². The Kier molecular flexibility index (Phi) is 37.3. The molecular weight excluding hydrogens is 1520 g/mol. The Labute approximate surface area is 643 Å². The van der Waals surface area contributed by atoms with E-state index < -0.39 is 170 Å². The summed E-state index contributed by atoms with van der Waals surface area (Å²) in [6.07, 6.45) is -25.2. The van der Waals surface area contributed by atoms with Crippen LogP contribution < -0.4 is 26.6 Å². The maximum atomic E-state index is 12.9. The van der Waals surface area contributed by atoms with E-state index in [0.717, 1.165) is 44.7 Å². The van der Waals surface area contributed by atoms with Crippen LogP contribution in [-0.2, 0) is 16.4 Å². The van der Waals surface area contributed by atoms with Gasteiger partial charge in [0.25, 0.3) is 0 Å². The van der Waals surface area contributed by atoms with Gasteiger partial charge in [-0.2, -0.15) is 4.31 Å². The van der Waals surface area contributed by atoms with Crippen molar-refractivity contribution in [2.75, 3.05) is 95.7 Å². The summed E-state index contributed by atoms with van der Waals surface area (Å²) in [6.45, 7) is 6.34. The summed E-state index contributed by atoms with van der Waals surface area (Å²) in [4.78, 5) is 27.2. The minimum Gasteiger partial charge on any atom is -0.390 e. The molecule has 37 heteroatoms. The summed E-state index contributed by atoms with van der Waals surface area (Å²) < 4.78 is 141. The number of hydrogen-bond donors (Lipinski definition) is 18. The number of β-amino-alcohol motifs (C(OH)–C–C–N with tert-alkyl or cyclic N) is 6. The summed E-state index contributed by atoms with van der Waals surface area (Å²) in [6, 6.07) is 36.4. The van der Waals surface area contributed by atoms with E-state index >= 15 is 0 Å². The van der Waals surface area contributed by atoms with Gasteiger partial charge in [0.05, 0.1) is 121 Å². The van der Waals surface area contributed by atoms with Crippen LogP contribution in [0.5, 0.6) is 0 Å². The van der Waals surface area contributed by atoms with Gasteiger partial charge in [-0.05, 0) is 98.6 Å². The van der Waals surface area contributed by atoms with E-state index in [1.165, 1.54) is 52.4 Å². The van der Waals surface area contributed by atoms with E-state index in [0.29, 0.717) is 37.4 Å². The van der Waals surface area contributed by atoms with Crippen molar-refractivity contribution in [2.24, 2.45) is 35.5 Å². The molecule has 6 fully saturated rings. The minimum absolute atomic E-state index is 0.0234. The number of nitrogens with zero attached hydrogens (tertiary/aromatic N) is 4. The smallest absolute Gasteiger partial charge is 0.321 e. The van der Waals surface area contributed by atoms with E-state index in [1.807, 2.05) is 25.1 Å². The van der Waals surface area contributed by atoms with Crippen molar-refractivity contribution < 1.29 is 124 Å². The zero-order valence-electron chi connectivity index (χ0n) is 61.0. The number of sulfonamides is 1. The van der Waals surface area contributed by atoms with Gasteiger partial charge >= 0.3 is 12.1 Å². The third-order valence-electron chi connectivity index (χ3n) is 19.5. The predicted octanol–water partition coefficient (Wildman–Crippen LogP) is 3.35. The fourth-order valence-electron chi connectivity index (χ4n) is 12.8. The number of carbonyl (C=O) groups excluding carboxylic acids is 2. The summed E-state index contributed by atoms with van der Waals surface area (Å²) in [5.74, 6) is -6.52. The molecular formula is C74H102F9N9O17S2. The summed E-state index contributed by atoms with van der Waals surface area (Å²) in [5, 5.41) is 140. The standard InChI is InChI=1S/C13H16F2N2O3.C13H16F2N2O2S.C13H17F2NO4S.C13H19NO2.C12H16FNO3.C10H18F2N2O3/c2*14-12(15)9-6-17(7-10(18)11(9)19)13(20)16-8-4-2-1-3-5-8;1-8-2-4-9(5-3-8)21(19,20)16-6-10(13(14)15)12(18)11(17)7-16;1-9-2-4-10(5-3-9)6-11-7-14-8-12(15)13(11)16;13-8-3-1-7(2-4-8)11(16)9-5-14-6-10(15)12(9)17;1-2-3-13-10(17)14-4-6(9(11)12)8(16)7(15)5-14/h2*1-5,9-12,18-19H,6-7H2,(H,16,20);2-5,10-13,17-18H,6-7H2,1H3;2-5,11-16H,6-8H2,1H3;1-4,9-12,14-17H,5-6H2;6-9,15-16H,2-5H2,1H3,(H,13,17)/t2*9-,10+,11+;10-,11+,12+;11-,12+,13+;9-,10-,11?,12-;6-,7+,8+/m000010/s1. The fourth-order valence-corrected chi connectivity index (χ4v) is 14.5. The number of piperidine rings is 6. The topological polar surface area (TPSA) is 404 Å². The van der Waals surface area contributed by atoms with Gasteiger partial charge in [-0.15, -0.1) is 0 Å². The number of amides is 4. The number of alkyl halides is 8. The highest BCUT2D eigenvalue weighted by molar-refractivity contribution is 7.89. The zero-order valence-corrected chi connectivity index (χ0v) is 62.7. The summed E-state index contributed by atoms with van der Waals surface area (Å²) >= 11 is 5.16. The van der Waals surface area contributed by atoms with Gasteiger partial charge in [-0.3, -0.25) is 0 Å². The number of aliphatic hydroxyl groups excluding tert-OH is 13. The number of anilines is 2. The molecule has 0 aromatic heterocycles. The lowest BCUT2D eigenvalue weighted by molar-refractivity contribution is -0.107. The van der Waals surface area contributed by atoms with Crippen LogP contribution in [0.25, 0.3) is 0 Å². The third-order valence-corrected chi connectivity index (χ3v) is 21.7. The Morgan fingerprint density at radius 3 is 1.33 bits per heavy atom. The van der Waals surface area contributed by atoms with E-state index in [1.54, 1.807) is 61.5 Å². The van der Waals surface area contributed by atoms with Crippen LogP contribution in [0.15, 0.2) is 138 Å². The number of para-hydroxylation sites is 2. The molecule has 111 heavy (non-hydrogen) atoms. The molecule has 6 heterocycles. The van der Waals surface area contributed by atoms with Gasteiger partial charge in [0, 0.05) is 95.2 Å². The largest absolute Gasteiger partial charge is 0.390 e. The third kappa shape index (κ3) is 27.6. The first kappa shape index (κ1) is 92.9. The molecule has 0 saturated carbocycles. The highest BCUT2D eigenvalue weighted by Crippen LogP contribution is 2.32.